The fraction of sp³-hybridized carbons (Fsp3) is 0.308. The fourth-order valence-corrected chi connectivity index (χ4v) is 2.06. The van der Waals surface area contributed by atoms with Crippen LogP contribution in [-0.2, 0) is 4.79 Å². The van der Waals surface area contributed by atoms with Gasteiger partial charge >= 0.3 is 0 Å². The van der Waals surface area contributed by atoms with E-state index in [0.29, 0.717) is 11.3 Å². The number of amides is 1. The summed E-state index contributed by atoms with van der Waals surface area (Å²) in [5.74, 6) is -0.811. The molecule has 1 heterocycles. The third-order valence-electron chi connectivity index (χ3n) is 2.88. The standard InChI is InChI=1S/C13H16FN3O/c14-11-3-1-2-10(4-5-12(15)18)13(11)17-8-6-16-7-9-17/h1-5,16H,6-9H2,(H2,15,18)/b5-4+. The Hall–Kier alpha value is -1.88. The SMILES string of the molecule is NC(=O)/C=C/c1cccc(F)c1N1CCNCC1. The molecule has 3 N–H and O–H groups in total. The summed E-state index contributed by atoms with van der Waals surface area (Å²) in [4.78, 5) is 12.7. The Morgan fingerprint density at radius 3 is 2.78 bits per heavy atom. The molecule has 1 aliphatic heterocycles. The maximum Gasteiger partial charge on any atom is 0.241 e. The van der Waals surface area contributed by atoms with Gasteiger partial charge in [0.25, 0.3) is 0 Å². The van der Waals surface area contributed by atoms with Crippen molar-refractivity contribution in [2.24, 2.45) is 5.73 Å². The van der Waals surface area contributed by atoms with Gasteiger partial charge in [0.05, 0.1) is 5.69 Å². The van der Waals surface area contributed by atoms with Gasteiger partial charge in [-0.25, -0.2) is 4.39 Å². The third kappa shape index (κ3) is 2.87. The van der Waals surface area contributed by atoms with Crippen LogP contribution in [0.2, 0.25) is 0 Å². The molecule has 1 aromatic rings. The number of hydrogen-bond acceptors (Lipinski definition) is 3. The molecule has 1 amide bonds. The van der Waals surface area contributed by atoms with Crippen LogP contribution in [0.5, 0.6) is 0 Å². The lowest BCUT2D eigenvalue weighted by Gasteiger charge is -2.30. The summed E-state index contributed by atoms with van der Waals surface area (Å²) >= 11 is 0. The van der Waals surface area contributed by atoms with Crippen LogP contribution >= 0.6 is 0 Å². The van der Waals surface area contributed by atoms with E-state index in [1.807, 2.05) is 4.90 Å². The zero-order chi connectivity index (χ0) is 13.0. The molecule has 18 heavy (non-hydrogen) atoms. The number of nitrogens with zero attached hydrogens (tertiary/aromatic N) is 1. The predicted octanol–water partition coefficient (Wildman–Crippen LogP) is 0.734. The van der Waals surface area contributed by atoms with Crippen LogP contribution in [0.3, 0.4) is 0 Å². The molecule has 1 aliphatic rings. The van der Waals surface area contributed by atoms with Gasteiger partial charge in [-0.15, -0.1) is 0 Å². The minimum Gasteiger partial charge on any atom is -0.366 e. The van der Waals surface area contributed by atoms with Crippen LogP contribution in [0.25, 0.3) is 6.08 Å². The average molecular weight is 249 g/mol. The second-order valence-corrected chi connectivity index (χ2v) is 4.15. The largest absolute Gasteiger partial charge is 0.366 e. The van der Waals surface area contributed by atoms with Gasteiger partial charge in [-0.1, -0.05) is 12.1 Å². The monoisotopic (exact) mass is 249 g/mol. The van der Waals surface area contributed by atoms with Gasteiger partial charge in [-0.2, -0.15) is 0 Å². The minimum absolute atomic E-state index is 0.275. The smallest absolute Gasteiger partial charge is 0.241 e. The Bertz CT molecular complexity index is 467. The lowest BCUT2D eigenvalue weighted by molar-refractivity contribution is -0.113. The van der Waals surface area contributed by atoms with E-state index in [4.69, 9.17) is 5.73 Å². The van der Waals surface area contributed by atoms with E-state index in [2.05, 4.69) is 5.32 Å². The van der Waals surface area contributed by atoms with Crippen LogP contribution < -0.4 is 16.0 Å². The molecular formula is C13H16FN3O. The second-order valence-electron chi connectivity index (χ2n) is 4.15. The summed E-state index contributed by atoms with van der Waals surface area (Å²) in [7, 11) is 0. The first-order valence-corrected chi connectivity index (χ1v) is 5.90. The van der Waals surface area contributed by atoms with Crippen molar-refractivity contribution < 1.29 is 9.18 Å². The van der Waals surface area contributed by atoms with Gasteiger partial charge in [0, 0.05) is 37.8 Å². The number of carbonyl (C=O) groups excluding carboxylic acids is 1. The highest BCUT2D eigenvalue weighted by Gasteiger charge is 2.16. The number of para-hydroxylation sites is 1. The topological polar surface area (TPSA) is 58.4 Å². The minimum atomic E-state index is -0.537. The van der Waals surface area contributed by atoms with Crippen LogP contribution in [0.1, 0.15) is 5.56 Å². The Morgan fingerprint density at radius 2 is 2.11 bits per heavy atom. The normalized spacial score (nSPS) is 16.2. The highest BCUT2D eigenvalue weighted by Crippen LogP contribution is 2.26. The van der Waals surface area contributed by atoms with E-state index < -0.39 is 5.91 Å². The molecule has 0 bridgehead atoms. The number of hydrogen-bond donors (Lipinski definition) is 2. The number of anilines is 1. The predicted molar refractivity (Wildman–Crippen MR) is 69.7 cm³/mol. The highest BCUT2D eigenvalue weighted by molar-refractivity contribution is 5.91. The maximum atomic E-state index is 13.9. The van der Waals surface area contributed by atoms with E-state index in [0.717, 1.165) is 26.2 Å². The molecule has 5 heteroatoms. The Labute approximate surface area is 105 Å². The van der Waals surface area contributed by atoms with E-state index in [-0.39, 0.29) is 5.82 Å². The van der Waals surface area contributed by atoms with Crippen molar-refractivity contribution in [3.8, 4) is 0 Å². The summed E-state index contributed by atoms with van der Waals surface area (Å²) in [6.45, 7) is 3.15. The zero-order valence-corrected chi connectivity index (χ0v) is 10.0. The summed E-state index contributed by atoms with van der Waals surface area (Å²) in [6, 6.07) is 4.83. The number of nitrogens with one attached hydrogen (secondary N) is 1. The number of benzene rings is 1. The van der Waals surface area contributed by atoms with Crippen molar-refractivity contribution in [3.05, 3.63) is 35.7 Å². The highest BCUT2D eigenvalue weighted by atomic mass is 19.1. The molecule has 0 aromatic heterocycles. The first kappa shape index (κ1) is 12.6. The maximum absolute atomic E-state index is 13.9. The molecule has 1 fully saturated rings. The van der Waals surface area contributed by atoms with Crippen molar-refractivity contribution in [1.82, 2.24) is 5.32 Å². The Balaban J connectivity index is 2.34. The molecule has 0 saturated carbocycles. The second kappa shape index (κ2) is 5.64. The van der Waals surface area contributed by atoms with Gasteiger partial charge in [-0.3, -0.25) is 4.79 Å². The lowest BCUT2D eigenvalue weighted by Crippen LogP contribution is -2.44. The van der Waals surface area contributed by atoms with E-state index in [1.54, 1.807) is 18.2 Å². The van der Waals surface area contributed by atoms with Crippen molar-refractivity contribution in [2.75, 3.05) is 31.1 Å². The molecule has 4 nitrogen and oxygen atoms in total. The van der Waals surface area contributed by atoms with Crippen molar-refractivity contribution >= 4 is 17.7 Å². The number of nitrogens with two attached hydrogens (primary N) is 1. The van der Waals surface area contributed by atoms with Gasteiger partial charge in [0.2, 0.25) is 5.91 Å². The van der Waals surface area contributed by atoms with Crippen LogP contribution in [0.4, 0.5) is 10.1 Å². The third-order valence-corrected chi connectivity index (χ3v) is 2.88. The number of halogens is 1. The molecule has 96 valence electrons. The molecular weight excluding hydrogens is 233 g/mol. The number of primary amides is 1. The van der Waals surface area contributed by atoms with Gasteiger partial charge < -0.3 is 16.0 Å². The summed E-state index contributed by atoms with van der Waals surface area (Å²) in [5, 5.41) is 3.22. The van der Waals surface area contributed by atoms with Crippen LogP contribution in [0.15, 0.2) is 24.3 Å². The molecule has 0 spiro atoms. The summed E-state index contributed by atoms with van der Waals surface area (Å²) < 4.78 is 13.9. The first-order valence-electron chi connectivity index (χ1n) is 5.90. The van der Waals surface area contributed by atoms with Crippen molar-refractivity contribution in [3.63, 3.8) is 0 Å². The summed E-state index contributed by atoms with van der Waals surface area (Å²) in [5.41, 5.74) is 6.28. The Morgan fingerprint density at radius 1 is 1.39 bits per heavy atom. The van der Waals surface area contributed by atoms with Gasteiger partial charge in [-0.05, 0) is 12.1 Å². The lowest BCUT2D eigenvalue weighted by atomic mass is 10.1. The number of piperazine rings is 1. The fourth-order valence-electron chi connectivity index (χ4n) is 2.06. The van der Waals surface area contributed by atoms with Crippen LogP contribution in [-0.4, -0.2) is 32.1 Å². The molecule has 1 aromatic carbocycles. The molecule has 1 saturated heterocycles. The quantitative estimate of drug-likeness (QED) is 0.777. The van der Waals surface area contributed by atoms with Crippen molar-refractivity contribution in [1.29, 1.82) is 0 Å². The number of rotatable bonds is 3. The van der Waals surface area contributed by atoms with E-state index in [1.165, 1.54) is 12.1 Å². The molecule has 0 unspecified atom stereocenters. The molecule has 0 aliphatic carbocycles. The van der Waals surface area contributed by atoms with E-state index in [9.17, 15) is 9.18 Å². The molecule has 0 radical (unpaired) electrons. The van der Waals surface area contributed by atoms with Gasteiger partial charge in [0.1, 0.15) is 5.82 Å². The first-order chi connectivity index (χ1) is 8.68. The Kier molecular flexibility index (Phi) is 3.94. The molecule has 0 atom stereocenters. The van der Waals surface area contributed by atoms with E-state index >= 15 is 0 Å². The average Bonchev–Trinajstić information content (AvgIpc) is 2.37. The molecule has 2 rings (SSSR count). The van der Waals surface area contributed by atoms with Gasteiger partial charge in [0.15, 0.2) is 0 Å². The zero-order valence-electron chi connectivity index (χ0n) is 10.0. The number of carbonyl (C=O) groups is 1. The summed E-state index contributed by atoms with van der Waals surface area (Å²) in [6.07, 6.45) is 2.81. The van der Waals surface area contributed by atoms with Crippen LogP contribution in [0, 0.1) is 5.82 Å². The van der Waals surface area contributed by atoms with Crippen molar-refractivity contribution in [2.45, 2.75) is 0 Å².